The fourth-order valence-electron chi connectivity index (χ4n) is 3.02. The van der Waals surface area contributed by atoms with Crippen molar-refractivity contribution in [2.75, 3.05) is 19.8 Å². The molecule has 0 fully saturated rings. The summed E-state index contributed by atoms with van der Waals surface area (Å²) in [6.07, 6.45) is 1.09. The van der Waals surface area contributed by atoms with Gasteiger partial charge in [-0.05, 0) is 24.6 Å². The SMILES string of the molecule is Cn1c2c(c3cc4c(cc31)OCCO4)CCNC2. The van der Waals surface area contributed by atoms with Gasteiger partial charge in [-0.2, -0.15) is 0 Å². The van der Waals surface area contributed by atoms with E-state index in [2.05, 4.69) is 29.1 Å². The molecule has 0 saturated carbocycles. The molecule has 1 aromatic carbocycles. The van der Waals surface area contributed by atoms with E-state index in [1.54, 1.807) is 0 Å². The highest BCUT2D eigenvalue weighted by atomic mass is 16.6. The van der Waals surface area contributed by atoms with E-state index in [1.807, 2.05) is 0 Å². The standard InChI is InChI=1S/C14H16N2O2/c1-16-11-7-14-13(17-4-5-18-14)6-10(11)9-2-3-15-8-12(9)16/h6-7,15H,2-5,8H2,1H3. The molecule has 0 unspecified atom stereocenters. The number of benzene rings is 1. The molecule has 2 aliphatic heterocycles. The van der Waals surface area contributed by atoms with Crippen molar-refractivity contribution in [1.82, 2.24) is 9.88 Å². The Morgan fingerprint density at radius 2 is 1.94 bits per heavy atom. The molecule has 4 heteroatoms. The van der Waals surface area contributed by atoms with Crippen molar-refractivity contribution < 1.29 is 9.47 Å². The van der Waals surface area contributed by atoms with Crippen LogP contribution in [-0.4, -0.2) is 24.3 Å². The van der Waals surface area contributed by atoms with Crippen LogP contribution in [0.5, 0.6) is 11.5 Å². The van der Waals surface area contributed by atoms with Crippen LogP contribution in [0.15, 0.2) is 12.1 Å². The highest BCUT2D eigenvalue weighted by molar-refractivity contribution is 5.89. The van der Waals surface area contributed by atoms with E-state index in [4.69, 9.17) is 9.47 Å². The van der Waals surface area contributed by atoms with Crippen LogP contribution in [0.4, 0.5) is 0 Å². The predicted octanol–water partition coefficient (Wildman–Crippen LogP) is 1.60. The number of ether oxygens (including phenoxy) is 2. The lowest BCUT2D eigenvalue weighted by Gasteiger charge is -2.18. The number of aryl methyl sites for hydroxylation is 1. The fourth-order valence-corrected chi connectivity index (χ4v) is 3.02. The number of hydrogen-bond acceptors (Lipinski definition) is 3. The monoisotopic (exact) mass is 244 g/mol. The molecule has 0 saturated heterocycles. The predicted molar refractivity (Wildman–Crippen MR) is 69.3 cm³/mol. The molecular formula is C14H16N2O2. The molecule has 0 spiro atoms. The zero-order valence-electron chi connectivity index (χ0n) is 10.5. The maximum Gasteiger partial charge on any atom is 0.163 e. The van der Waals surface area contributed by atoms with Crippen molar-refractivity contribution in [3.05, 3.63) is 23.4 Å². The van der Waals surface area contributed by atoms with Gasteiger partial charge in [0.05, 0.1) is 5.52 Å². The third-order valence-corrected chi connectivity index (χ3v) is 3.94. The Morgan fingerprint density at radius 3 is 2.78 bits per heavy atom. The number of aromatic nitrogens is 1. The number of nitrogens with zero attached hydrogens (tertiary/aromatic N) is 1. The number of fused-ring (bicyclic) bond motifs is 4. The van der Waals surface area contributed by atoms with Crippen LogP contribution < -0.4 is 14.8 Å². The van der Waals surface area contributed by atoms with Crippen molar-refractivity contribution in [3.63, 3.8) is 0 Å². The number of nitrogens with one attached hydrogen (secondary N) is 1. The highest BCUT2D eigenvalue weighted by Crippen LogP contribution is 2.38. The van der Waals surface area contributed by atoms with Crippen LogP contribution in [0, 0.1) is 0 Å². The lowest BCUT2D eigenvalue weighted by atomic mass is 10.0. The van der Waals surface area contributed by atoms with Gasteiger partial charge in [-0.15, -0.1) is 0 Å². The summed E-state index contributed by atoms with van der Waals surface area (Å²) in [5.41, 5.74) is 4.09. The summed E-state index contributed by atoms with van der Waals surface area (Å²) in [5, 5.41) is 4.75. The lowest BCUT2D eigenvalue weighted by molar-refractivity contribution is 0.172. The van der Waals surface area contributed by atoms with Crippen molar-refractivity contribution in [3.8, 4) is 11.5 Å². The van der Waals surface area contributed by atoms with Crippen LogP contribution in [0.3, 0.4) is 0 Å². The largest absolute Gasteiger partial charge is 0.486 e. The van der Waals surface area contributed by atoms with Crippen LogP contribution in [-0.2, 0) is 20.0 Å². The Labute approximate surface area is 105 Å². The van der Waals surface area contributed by atoms with Crippen molar-refractivity contribution in [2.45, 2.75) is 13.0 Å². The third-order valence-electron chi connectivity index (χ3n) is 3.94. The fraction of sp³-hybridized carbons (Fsp3) is 0.429. The average Bonchev–Trinajstić information content (AvgIpc) is 2.71. The molecule has 94 valence electrons. The summed E-state index contributed by atoms with van der Waals surface area (Å²) in [7, 11) is 2.13. The zero-order valence-corrected chi connectivity index (χ0v) is 10.5. The molecule has 0 radical (unpaired) electrons. The lowest BCUT2D eigenvalue weighted by Crippen LogP contribution is -2.24. The summed E-state index contributed by atoms with van der Waals surface area (Å²) in [6, 6.07) is 4.26. The quantitative estimate of drug-likeness (QED) is 0.764. The highest BCUT2D eigenvalue weighted by Gasteiger charge is 2.21. The van der Waals surface area contributed by atoms with E-state index in [-0.39, 0.29) is 0 Å². The number of rotatable bonds is 0. The molecule has 3 heterocycles. The first kappa shape index (κ1) is 10.3. The van der Waals surface area contributed by atoms with Gasteiger partial charge in [0.25, 0.3) is 0 Å². The van der Waals surface area contributed by atoms with E-state index in [0.717, 1.165) is 31.0 Å². The molecule has 0 atom stereocenters. The summed E-state index contributed by atoms with van der Waals surface area (Å²) >= 11 is 0. The van der Waals surface area contributed by atoms with Gasteiger partial charge in [-0.1, -0.05) is 0 Å². The molecule has 4 nitrogen and oxygen atoms in total. The van der Waals surface area contributed by atoms with Crippen LogP contribution in [0.25, 0.3) is 10.9 Å². The second kappa shape index (κ2) is 3.65. The van der Waals surface area contributed by atoms with Gasteiger partial charge in [-0.25, -0.2) is 0 Å². The molecule has 0 amide bonds. The van der Waals surface area contributed by atoms with Gasteiger partial charge in [0.15, 0.2) is 11.5 Å². The summed E-state index contributed by atoms with van der Waals surface area (Å²) in [6.45, 7) is 3.30. The normalized spacial score (nSPS) is 17.8. The van der Waals surface area contributed by atoms with E-state index >= 15 is 0 Å². The maximum atomic E-state index is 5.68. The van der Waals surface area contributed by atoms with Crippen molar-refractivity contribution in [1.29, 1.82) is 0 Å². The molecule has 0 bridgehead atoms. The van der Waals surface area contributed by atoms with E-state index in [9.17, 15) is 0 Å². The number of hydrogen-bond donors (Lipinski definition) is 1. The average molecular weight is 244 g/mol. The Bertz CT molecular complexity index is 630. The summed E-state index contributed by atoms with van der Waals surface area (Å²) in [5.74, 6) is 1.76. The van der Waals surface area contributed by atoms with Crippen LogP contribution in [0.1, 0.15) is 11.3 Å². The van der Waals surface area contributed by atoms with Gasteiger partial charge in [-0.3, -0.25) is 0 Å². The molecule has 2 aromatic rings. The first-order chi connectivity index (χ1) is 8.84. The van der Waals surface area contributed by atoms with Gasteiger partial charge in [0, 0.05) is 30.7 Å². The van der Waals surface area contributed by atoms with E-state index in [0.29, 0.717) is 13.2 Å². The topological polar surface area (TPSA) is 35.4 Å². The minimum Gasteiger partial charge on any atom is -0.486 e. The smallest absolute Gasteiger partial charge is 0.163 e. The van der Waals surface area contributed by atoms with Gasteiger partial charge in [0.1, 0.15) is 13.2 Å². The second-order valence-corrected chi connectivity index (χ2v) is 4.92. The maximum absolute atomic E-state index is 5.68. The molecule has 4 rings (SSSR count). The van der Waals surface area contributed by atoms with Crippen molar-refractivity contribution >= 4 is 10.9 Å². The second-order valence-electron chi connectivity index (χ2n) is 4.92. The molecule has 1 N–H and O–H groups in total. The minimum absolute atomic E-state index is 0.643. The van der Waals surface area contributed by atoms with Gasteiger partial charge in [0.2, 0.25) is 0 Å². The first-order valence-electron chi connectivity index (χ1n) is 6.45. The Morgan fingerprint density at radius 1 is 1.17 bits per heavy atom. The summed E-state index contributed by atoms with van der Waals surface area (Å²) in [4.78, 5) is 0. The molecule has 1 aromatic heterocycles. The van der Waals surface area contributed by atoms with Gasteiger partial charge >= 0.3 is 0 Å². The molecule has 2 aliphatic rings. The van der Waals surface area contributed by atoms with Gasteiger partial charge < -0.3 is 19.4 Å². The molecule has 0 aliphatic carbocycles. The van der Waals surface area contributed by atoms with E-state index < -0.39 is 0 Å². The first-order valence-corrected chi connectivity index (χ1v) is 6.45. The van der Waals surface area contributed by atoms with Crippen LogP contribution >= 0.6 is 0 Å². The Kier molecular flexibility index (Phi) is 2.08. The third kappa shape index (κ3) is 1.29. The van der Waals surface area contributed by atoms with E-state index in [1.165, 1.54) is 22.2 Å². The Balaban J connectivity index is 2.02. The van der Waals surface area contributed by atoms with Crippen LogP contribution in [0.2, 0.25) is 0 Å². The molecule has 18 heavy (non-hydrogen) atoms. The Hall–Kier alpha value is -1.68. The minimum atomic E-state index is 0.643. The summed E-state index contributed by atoms with van der Waals surface area (Å²) < 4.78 is 13.6. The van der Waals surface area contributed by atoms with Crippen molar-refractivity contribution in [2.24, 2.45) is 7.05 Å². The molecular weight excluding hydrogens is 228 g/mol. The zero-order chi connectivity index (χ0) is 12.1.